The molecule has 0 radical (unpaired) electrons. The number of hydrogen-bond donors (Lipinski definition) is 3. The number of H-pyrrole nitrogens is 1. The molecule has 0 saturated carbocycles. The number of sulfonamides is 1. The molecule has 0 amide bonds. The second kappa shape index (κ2) is 5.65. The first-order valence-corrected chi connectivity index (χ1v) is 7.14. The zero-order valence-corrected chi connectivity index (χ0v) is 11.3. The molecule has 2 heterocycles. The van der Waals surface area contributed by atoms with Gasteiger partial charge in [0.05, 0.1) is 12.4 Å². The Morgan fingerprint density at radius 3 is 2.50 bits per heavy atom. The van der Waals surface area contributed by atoms with E-state index in [1.54, 1.807) is 0 Å². The Kier molecular flexibility index (Phi) is 3.94. The molecule has 3 N–H and O–H groups in total. The first-order chi connectivity index (χ1) is 9.51. The minimum Gasteiger partial charge on any atom is -0.355 e. The monoisotopic (exact) mass is 296 g/mol. The third kappa shape index (κ3) is 3.29. The van der Waals surface area contributed by atoms with E-state index in [0.717, 1.165) is 6.07 Å². The molecule has 0 fully saturated rings. The molecule has 9 nitrogen and oxygen atoms in total. The van der Waals surface area contributed by atoms with Gasteiger partial charge in [-0.05, 0) is 13.0 Å². The van der Waals surface area contributed by atoms with E-state index in [-0.39, 0.29) is 10.7 Å². The van der Waals surface area contributed by atoms with Crippen molar-refractivity contribution in [3.63, 3.8) is 0 Å². The molecule has 2 rings (SSSR count). The summed E-state index contributed by atoms with van der Waals surface area (Å²) in [7, 11) is -3.85. The van der Waals surface area contributed by atoms with Gasteiger partial charge >= 0.3 is 0 Å². The van der Waals surface area contributed by atoms with Crippen molar-refractivity contribution in [3.05, 3.63) is 34.9 Å². The van der Waals surface area contributed by atoms with Crippen LogP contribution in [0.4, 0.5) is 11.8 Å². The van der Waals surface area contributed by atoms with E-state index in [0.29, 0.717) is 12.5 Å². The number of nitrogens with zero attached hydrogens (tertiary/aromatic N) is 3. The van der Waals surface area contributed by atoms with E-state index >= 15 is 0 Å². The fourth-order valence-electron chi connectivity index (χ4n) is 1.30. The van der Waals surface area contributed by atoms with E-state index < -0.39 is 15.6 Å². The molecule has 106 valence electrons. The van der Waals surface area contributed by atoms with Crippen molar-refractivity contribution in [3.8, 4) is 0 Å². The number of anilines is 2. The maximum atomic E-state index is 12.0. The first-order valence-electron chi connectivity index (χ1n) is 5.66. The number of aromatic amines is 1. The average Bonchev–Trinajstić information content (AvgIpc) is 2.42. The summed E-state index contributed by atoms with van der Waals surface area (Å²) in [6, 6.07) is 2.42. The topological polar surface area (TPSA) is 130 Å². The molecule has 0 aliphatic carbocycles. The summed E-state index contributed by atoms with van der Waals surface area (Å²) in [5.74, 6) is 0.342. The highest BCUT2D eigenvalue weighted by Gasteiger charge is 2.16. The Balaban J connectivity index is 2.21. The third-order valence-corrected chi connectivity index (χ3v) is 3.50. The van der Waals surface area contributed by atoms with Gasteiger partial charge in [-0.15, -0.1) is 0 Å². The van der Waals surface area contributed by atoms with Crippen molar-refractivity contribution in [2.24, 2.45) is 0 Å². The van der Waals surface area contributed by atoms with Gasteiger partial charge in [0, 0.05) is 12.6 Å². The largest absolute Gasteiger partial charge is 0.355 e. The highest BCUT2D eigenvalue weighted by Crippen LogP contribution is 2.11. The van der Waals surface area contributed by atoms with Crippen LogP contribution >= 0.6 is 0 Å². The van der Waals surface area contributed by atoms with E-state index in [1.165, 1.54) is 18.5 Å². The lowest BCUT2D eigenvalue weighted by Gasteiger charge is -2.06. The zero-order chi connectivity index (χ0) is 14.6. The smallest absolute Gasteiger partial charge is 0.266 e. The van der Waals surface area contributed by atoms with Gasteiger partial charge < -0.3 is 5.32 Å². The van der Waals surface area contributed by atoms with Crippen LogP contribution in [-0.4, -0.2) is 35.1 Å². The minimum absolute atomic E-state index is 0.000333. The summed E-state index contributed by atoms with van der Waals surface area (Å²) in [5.41, 5.74) is -0.425. The summed E-state index contributed by atoms with van der Waals surface area (Å²) < 4.78 is 26.2. The summed E-state index contributed by atoms with van der Waals surface area (Å²) in [6.45, 7) is 2.50. The molecule has 0 bridgehead atoms. The number of nitrogens with one attached hydrogen (secondary N) is 3. The minimum atomic E-state index is -3.85. The van der Waals surface area contributed by atoms with Crippen LogP contribution in [0.15, 0.2) is 34.2 Å². The molecule has 0 spiro atoms. The van der Waals surface area contributed by atoms with Crippen molar-refractivity contribution in [2.75, 3.05) is 16.6 Å². The van der Waals surface area contributed by atoms with Crippen molar-refractivity contribution in [1.82, 2.24) is 20.2 Å². The van der Waals surface area contributed by atoms with E-state index in [9.17, 15) is 13.2 Å². The predicted octanol–water partition coefficient (Wildman–Crippen LogP) is -0.208. The van der Waals surface area contributed by atoms with Crippen molar-refractivity contribution < 1.29 is 8.42 Å². The Morgan fingerprint density at radius 2 is 1.95 bits per heavy atom. The Hall–Kier alpha value is -2.49. The van der Waals surface area contributed by atoms with Gasteiger partial charge in [-0.1, -0.05) is 0 Å². The predicted molar refractivity (Wildman–Crippen MR) is 71.9 cm³/mol. The Bertz CT molecular complexity index is 720. The van der Waals surface area contributed by atoms with Crippen LogP contribution in [0.1, 0.15) is 6.92 Å². The van der Waals surface area contributed by atoms with Crippen LogP contribution in [0.5, 0.6) is 0 Å². The van der Waals surface area contributed by atoms with E-state index in [4.69, 9.17) is 0 Å². The molecular formula is C10H12N6O3S. The normalized spacial score (nSPS) is 11.1. The third-order valence-electron chi connectivity index (χ3n) is 2.19. The van der Waals surface area contributed by atoms with E-state index in [1.807, 2.05) is 6.92 Å². The fourth-order valence-corrected chi connectivity index (χ4v) is 2.19. The molecule has 20 heavy (non-hydrogen) atoms. The van der Waals surface area contributed by atoms with Gasteiger partial charge in [0.2, 0.25) is 5.95 Å². The SMILES string of the molecule is CCNc1ncc(S(=O)(=O)Nc2ccc(=O)[nH]n2)cn1. The van der Waals surface area contributed by atoms with Crippen LogP contribution in [-0.2, 0) is 10.0 Å². The maximum absolute atomic E-state index is 12.0. The zero-order valence-electron chi connectivity index (χ0n) is 10.5. The molecule has 0 unspecified atom stereocenters. The fraction of sp³-hybridized carbons (Fsp3) is 0.200. The van der Waals surface area contributed by atoms with Crippen LogP contribution in [0.3, 0.4) is 0 Å². The summed E-state index contributed by atoms with van der Waals surface area (Å²) >= 11 is 0. The molecule has 2 aromatic heterocycles. The Labute approximate surface area is 114 Å². The molecule has 0 saturated heterocycles. The summed E-state index contributed by atoms with van der Waals surface area (Å²) in [4.78, 5) is 18.5. The molecule has 0 aliphatic heterocycles. The summed E-state index contributed by atoms with van der Waals surface area (Å²) in [6.07, 6.45) is 2.36. The van der Waals surface area contributed by atoms with Gasteiger partial charge in [0.15, 0.2) is 5.82 Å². The molecule has 2 aromatic rings. The molecule has 0 atom stereocenters. The van der Waals surface area contributed by atoms with Crippen LogP contribution < -0.4 is 15.6 Å². The second-order valence-electron chi connectivity index (χ2n) is 3.68. The molecular weight excluding hydrogens is 284 g/mol. The Morgan fingerprint density at radius 1 is 1.25 bits per heavy atom. The first kappa shape index (κ1) is 13.9. The molecule has 0 aromatic carbocycles. The molecule has 0 aliphatic rings. The van der Waals surface area contributed by atoms with Crippen LogP contribution in [0.25, 0.3) is 0 Å². The lowest BCUT2D eigenvalue weighted by atomic mass is 10.5. The molecule has 10 heteroatoms. The van der Waals surface area contributed by atoms with Crippen molar-refractivity contribution in [1.29, 1.82) is 0 Å². The second-order valence-corrected chi connectivity index (χ2v) is 5.37. The quantitative estimate of drug-likeness (QED) is 0.696. The van der Waals surface area contributed by atoms with Gasteiger partial charge in [0.25, 0.3) is 15.6 Å². The average molecular weight is 296 g/mol. The van der Waals surface area contributed by atoms with Gasteiger partial charge in [-0.25, -0.2) is 23.5 Å². The van der Waals surface area contributed by atoms with Crippen molar-refractivity contribution >= 4 is 21.8 Å². The number of rotatable bonds is 5. The van der Waals surface area contributed by atoms with Crippen LogP contribution in [0, 0.1) is 0 Å². The number of aromatic nitrogens is 4. The standard InChI is InChI=1S/C10H12N6O3S/c1-2-11-10-12-5-7(6-13-10)20(18,19)16-8-3-4-9(17)15-14-8/h3-6H,2H2,1H3,(H,14,16)(H,15,17)(H,11,12,13). The highest BCUT2D eigenvalue weighted by atomic mass is 32.2. The highest BCUT2D eigenvalue weighted by molar-refractivity contribution is 7.92. The number of hydrogen-bond acceptors (Lipinski definition) is 7. The van der Waals surface area contributed by atoms with E-state index in [2.05, 4.69) is 30.2 Å². The van der Waals surface area contributed by atoms with Gasteiger partial charge in [-0.3, -0.25) is 9.52 Å². The summed E-state index contributed by atoms with van der Waals surface area (Å²) in [5, 5.41) is 8.53. The lowest BCUT2D eigenvalue weighted by Crippen LogP contribution is -2.17. The van der Waals surface area contributed by atoms with Gasteiger partial charge in [0.1, 0.15) is 4.90 Å². The maximum Gasteiger partial charge on any atom is 0.266 e. The van der Waals surface area contributed by atoms with Crippen molar-refractivity contribution in [2.45, 2.75) is 11.8 Å². The van der Waals surface area contributed by atoms with Gasteiger partial charge in [-0.2, -0.15) is 5.10 Å². The lowest BCUT2D eigenvalue weighted by molar-refractivity contribution is 0.600. The van der Waals surface area contributed by atoms with Crippen LogP contribution in [0.2, 0.25) is 0 Å².